The van der Waals surface area contributed by atoms with Crippen LogP contribution < -0.4 is 10.1 Å². The minimum absolute atomic E-state index is 0.0212. The van der Waals surface area contributed by atoms with Crippen molar-refractivity contribution < 1.29 is 9.53 Å². The highest BCUT2D eigenvalue weighted by Crippen LogP contribution is 2.22. The third-order valence-electron chi connectivity index (χ3n) is 3.57. The maximum Gasteiger partial charge on any atom is 0.221 e. The van der Waals surface area contributed by atoms with Crippen molar-refractivity contribution in [2.24, 2.45) is 0 Å². The van der Waals surface area contributed by atoms with Crippen LogP contribution in [0.15, 0.2) is 53.4 Å². The number of nitriles is 1. The Bertz CT molecular complexity index is 706. The van der Waals surface area contributed by atoms with Gasteiger partial charge < -0.3 is 10.1 Å². The number of rotatable bonds is 7. The number of nitrogens with zero attached hydrogens (tertiary/aromatic N) is 1. The van der Waals surface area contributed by atoms with E-state index in [0.29, 0.717) is 12.0 Å². The monoisotopic (exact) mass is 340 g/mol. The highest BCUT2D eigenvalue weighted by Gasteiger charge is 2.09. The molecule has 1 amide bonds. The van der Waals surface area contributed by atoms with E-state index in [2.05, 4.69) is 11.4 Å². The highest BCUT2D eigenvalue weighted by molar-refractivity contribution is 7.99. The Morgan fingerprint density at radius 3 is 2.46 bits per heavy atom. The smallest absolute Gasteiger partial charge is 0.221 e. The summed E-state index contributed by atoms with van der Waals surface area (Å²) in [6, 6.07) is 17.1. The second-order valence-corrected chi connectivity index (χ2v) is 6.47. The standard InChI is InChI=1S/C19H20N2O2S/c1-14(16-5-3-15(13-20)4-6-16)21-19(22)11-12-24-18-9-7-17(23-2)8-10-18/h3-10,14H,11-12H2,1-2H3,(H,21,22). The van der Waals surface area contributed by atoms with Crippen LogP contribution in [0.5, 0.6) is 5.75 Å². The fourth-order valence-corrected chi connectivity index (χ4v) is 3.03. The van der Waals surface area contributed by atoms with Crippen LogP contribution in [0.4, 0.5) is 0 Å². The summed E-state index contributed by atoms with van der Waals surface area (Å²) in [5, 5.41) is 11.8. The zero-order chi connectivity index (χ0) is 17.4. The number of amides is 1. The Morgan fingerprint density at radius 2 is 1.88 bits per heavy atom. The molecule has 0 radical (unpaired) electrons. The molecule has 0 fully saturated rings. The van der Waals surface area contributed by atoms with Crippen LogP contribution in [0, 0.1) is 11.3 Å². The molecule has 24 heavy (non-hydrogen) atoms. The Morgan fingerprint density at radius 1 is 1.21 bits per heavy atom. The number of ether oxygens (including phenoxy) is 1. The summed E-state index contributed by atoms with van der Waals surface area (Å²) in [4.78, 5) is 13.2. The molecule has 0 aliphatic rings. The van der Waals surface area contributed by atoms with Gasteiger partial charge in [-0.25, -0.2) is 0 Å². The van der Waals surface area contributed by atoms with Gasteiger partial charge in [0, 0.05) is 17.1 Å². The molecule has 1 N–H and O–H groups in total. The highest BCUT2D eigenvalue weighted by atomic mass is 32.2. The second-order valence-electron chi connectivity index (χ2n) is 5.30. The zero-order valence-electron chi connectivity index (χ0n) is 13.8. The van der Waals surface area contributed by atoms with Crippen molar-refractivity contribution in [3.63, 3.8) is 0 Å². The normalized spacial score (nSPS) is 11.4. The molecule has 0 aliphatic carbocycles. The van der Waals surface area contributed by atoms with Gasteiger partial charge in [0.15, 0.2) is 0 Å². The van der Waals surface area contributed by atoms with E-state index in [1.807, 2.05) is 43.3 Å². The van der Waals surface area contributed by atoms with Gasteiger partial charge in [-0.3, -0.25) is 4.79 Å². The molecule has 2 aromatic rings. The van der Waals surface area contributed by atoms with E-state index in [1.165, 1.54) is 0 Å². The first-order valence-electron chi connectivity index (χ1n) is 7.68. The molecule has 0 aromatic heterocycles. The summed E-state index contributed by atoms with van der Waals surface area (Å²) in [6.07, 6.45) is 0.456. The van der Waals surface area contributed by atoms with Gasteiger partial charge >= 0.3 is 0 Å². The predicted octanol–water partition coefficient (Wildman–Crippen LogP) is 3.93. The van der Waals surface area contributed by atoms with E-state index in [4.69, 9.17) is 10.00 Å². The third-order valence-corrected chi connectivity index (χ3v) is 4.59. The van der Waals surface area contributed by atoms with Crippen LogP contribution in [0.3, 0.4) is 0 Å². The number of thioether (sulfide) groups is 1. The number of hydrogen-bond acceptors (Lipinski definition) is 4. The van der Waals surface area contributed by atoms with Crippen molar-refractivity contribution in [1.82, 2.24) is 5.32 Å². The Labute approximate surface area is 146 Å². The van der Waals surface area contributed by atoms with Crippen molar-refractivity contribution in [2.75, 3.05) is 12.9 Å². The molecular weight excluding hydrogens is 320 g/mol. The molecule has 0 saturated heterocycles. The molecule has 0 bridgehead atoms. The molecule has 4 nitrogen and oxygen atoms in total. The van der Waals surface area contributed by atoms with Gasteiger partial charge in [0.1, 0.15) is 5.75 Å². The van der Waals surface area contributed by atoms with Crippen LogP contribution in [-0.2, 0) is 4.79 Å². The summed E-state index contributed by atoms with van der Waals surface area (Å²) >= 11 is 1.64. The summed E-state index contributed by atoms with van der Waals surface area (Å²) in [5.41, 5.74) is 1.61. The Hall–Kier alpha value is -2.45. The van der Waals surface area contributed by atoms with Crippen molar-refractivity contribution in [1.29, 1.82) is 5.26 Å². The SMILES string of the molecule is COc1ccc(SCCC(=O)NC(C)c2ccc(C#N)cc2)cc1. The van der Waals surface area contributed by atoms with E-state index in [-0.39, 0.29) is 11.9 Å². The van der Waals surface area contributed by atoms with Crippen molar-refractivity contribution in [3.05, 3.63) is 59.7 Å². The van der Waals surface area contributed by atoms with Crippen molar-refractivity contribution in [2.45, 2.75) is 24.3 Å². The zero-order valence-corrected chi connectivity index (χ0v) is 14.6. The maximum absolute atomic E-state index is 12.0. The van der Waals surface area contributed by atoms with Gasteiger partial charge in [0.2, 0.25) is 5.91 Å². The van der Waals surface area contributed by atoms with Gasteiger partial charge in [-0.1, -0.05) is 12.1 Å². The molecule has 1 unspecified atom stereocenters. The number of carbonyl (C=O) groups excluding carboxylic acids is 1. The summed E-state index contributed by atoms with van der Waals surface area (Å²) < 4.78 is 5.12. The van der Waals surface area contributed by atoms with E-state index >= 15 is 0 Å². The molecule has 5 heteroatoms. The van der Waals surface area contributed by atoms with E-state index < -0.39 is 0 Å². The second kappa shape index (κ2) is 8.99. The molecule has 124 valence electrons. The minimum atomic E-state index is -0.0729. The lowest BCUT2D eigenvalue weighted by molar-refractivity contribution is -0.121. The van der Waals surface area contributed by atoms with Gasteiger partial charge in [-0.15, -0.1) is 11.8 Å². The first-order valence-corrected chi connectivity index (χ1v) is 8.67. The van der Waals surface area contributed by atoms with Crippen LogP contribution in [-0.4, -0.2) is 18.8 Å². The first-order chi connectivity index (χ1) is 11.6. The maximum atomic E-state index is 12.0. The number of carbonyl (C=O) groups is 1. The number of nitrogens with one attached hydrogen (secondary N) is 1. The largest absolute Gasteiger partial charge is 0.497 e. The van der Waals surface area contributed by atoms with Crippen LogP contribution in [0.25, 0.3) is 0 Å². The van der Waals surface area contributed by atoms with Gasteiger partial charge in [-0.05, 0) is 48.9 Å². The summed E-state index contributed by atoms with van der Waals surface area (Å²) in [5.74, 6) is 1.57. The lowest BCUT2D eigenvalue weighted by Crippen LogP contribution is -2.26. The molecule has 0 aliphatic heterocycles. The summed E-state index contributed by atoms with van der Waals surface area (Å²) in [6.45, 7) is 1.94. The van der Waals surface area contributed by atoms with E-state index in [1.54, 1.807) is 31.0 Å². The number of methoxy groups -OCH3 is 1. The van der Waals surface area contributed by atoms with E-state index in [0.717, 1.165) is 22.0 Å². The molecule has 0 saturated carbocycles. The molecule has 2 rings (SSSR count). The lowest BCUT2D eigenvalue weighted by atomic mass is 10.1. The molecule has 1 atom stereocenters. The van der Waals surface area contributed by atoms with Crippen LogP contribution >= 0.6 is 11.8 Å². The fraction of sp³-hybridized carbons (Fsp3) is 0.263. The van der Waals surface area contributed by atoms with Gasteiger partial charge in [-0.2, -0.15) is 5.26 Å². The quantitative estimate of drug-likeness (QED) is 0.776. The van der Waals surface area contributed by atoms with Gasteiger partial charge in [0.25, 0.3) is 0 Å². The molecule has 0 heterocycles. The van der Waals surface area contributed by atoms with Crippen molar-refractivity contribution >= 4 is 17.7 Å². The summed E-state index contributed by atoms with van der Waals surface area (Å²) in [7, 11) is 1.64. The molecule has 2 aromatic carbocycles. The van der Waals surface area contributed by atoms with Crippen LogP contribution in [0.2, 0.25) is 0 Å². The first kappa shape index (κ1) is 17.9. The molecule has 0 spiro atoms. The average molecular weight is 340 g/mol. The minimum Gasteiger partial charge on any atom is -0.497 e. The Kier molecular flexibility index (Phi) is 6.71. The fourth-order valence-electron chi connectivity index (χ4n) is 2.18. The molecular formula is C19H20N2O2S. The predicted molar refractivity (Wildman–Crippen MR) is 96.0 cm³/mol. The average Bonchev–Trinajstić information content (AvgIpc) is 2.62. The number of benzene rings is 2. The topological polar surface area (TPSA) is 62.1 Å². The van der Waals surface area contributed by atoms with Gasteiger partial charge in [0.05, 0.1) is 24.8 Å². The number of hydrogen-bond donors (Lipinski definition) is 1. The van der Waals surface area contributed by atoms with E-state index in [9.17, 15) is 4.79 Å². The lowest BCUT2D eigenvalue weighted by Gasteiger charge is -2.14. The van der Waals surface area contributed by atoms with Crippen molar-refractivity contribution in [3.8, 4) is 11.8 Å². The Balaban J connectivity index is 1.76. The third kappa shape index (κ3) is 5.32. The van der Waals surface area contributed by atoms with Crippen LogP contribution in [0.1, 0.15) is 30.5 Å².